The third kappa shape index (κ3) is 4.58. The monoisotopic (exact) mass is 401 g/mol. The molecule has 0 aliphatic heterocycles. The number of carbonyl (C=O) groups is 2. The minimum atomic E-state index is -1.29. The second-order valence-electron chi connectivity index (χ2n) is 5.51. The lowest BCUT2D eigenvalue weighted by Gasteiger charge is -2.05. The van der Waals surface area contributed by atoms with E-state index in [4.69, 9.17) is 27.6 Å². The molecule has 2 aromatic carbocycles. The lowest BCUT2D eigenvalue weighted by Crippen LogP contribution is -2.27. The molecule has 0 aliphatic carbocycles. The smallest absolute Gasteiger partial charge is 0.352 e. The fourth-order valence-electron chi connectivity index (χ4n) is 2.34. The largest absolute Gasteiger partial charge is 0.477 e. The SMILES string of the molecule is O=C(O)/C(=C/c1ccc(-c2cc(Cl)ccc2Cl)o1)NC(=O)c1ccccc1. The van der Waals surface area contributed by atoms with Crippen molar-refractivity contribution in [3.8, 4) is 11.3 Å². The van der Waals surface area contributed by atoms with Crippen LogP contribution in [0.1, 0.15) is 16.1 Å². The number of carboxylic acids is 1. The minimum Gasteiger partial charge on any atom is -0.477 e. The molecule has 0 bridgehead atoms. The molecule has 3 aromatic rings. The minimum absolute atomic E-state index is 0.242. The van der Waals surface area contributed by atoms with Crippen LogP contribution >= 0.6 is 23.2 Å². The fourth-order valence-corrected chi connectivity index (χ4v) is 2.72. The summed E-state index contributed by atoms with van der Waals surface area (Å²) in [6.07, 6.45) is 1.23. The van der Waals surface area contributed by atoms with E-state index in [-0.39, 0.29) is 11.5 Å². The summed E-state index contributed by atoms with van der Waals surface area (Å²) in [7, 11) is 0. The quantitative estimate of drug-likeness (QED) is 0.582. The van der Waals surface area contributed by atoms with E-state index in [2.05, 4.69) is 5.32 Å². The van der Waals surface area contributed by atoms with E-state index < -0.39 is 11.9 Å². The van der Waals surface area contributed by atoms with Gasteiger partial charge in [0, 0.05) is 22.2 Å². The first kappa shape index (κ1) is 18.8. The summed E-state index contributed by atoms with van der Waals surface area (Å²) in [6.45, 7) is 0. The molecule has 0 radical (unpaired) electrons. The lowest BCUT2D eigenvalue weighted by atomic mass is 10.2. The standard InChI is InChI=1S/C20H13Cl2NO4/c21-13-6-8-16(22)15(10-13)18-9-7-14(27-18)11-17(20(25)26)23-19(24)12-4-2-1-3-5-12/h1-11H,(H,23,24)(H,25,26)/b17-11-. The van der Waals surface area contributed by atoms with Crippen LogP contribution in [-0.2, 0) is 4.79 Å². The van der Waals surface area contributed by atoms with Crippen molar-refractivity contribution in [3.05, 3.63) is 87.7 Å². The van der Waals surface area contributed by atoms with E-state index in [1.54, 1.807) is 60.7 Å². The number of rotatable bonds is 5. The number of nitrogens with one attached hydrogen (secondary N) is 1. The third-order valence-corrected chi connectivity index (χ3v) is 4.19. The maximum absolute atomic E-state index is 12.2. The molecule has 0 atom stereocenters. The molecule has 136 valence electrons. The topological polar surface area (TPSA) is 79.5 Å². The number of hydrogen-bond donors (Lipinski definition) is 2. The molecule has 3 rings (SSSR count). The van der Waals surface area contributed by atoms with Gasteiger partial charge in [0.25, 0.3) is 5.91 Å². The molecule has 0 saturated carbocycles. The van der Waals surface area contributed by atoms with E-state index in [0.29, 0.717) is 26.9 Å². The van der Waals surface area contributed by atoms with Crippen LogP contribution < -0.4 is 5.32 Å². The number of furan rings is 1. The van der Waals surface area contributed by atoms with Gasteiger partial charge in [-0.05, 0) is 42.5 Å². The predicted octanol–water partition coefficient (Wildman–Crippen LogP) is 5.11. The van der Waals surface area contributed by atoms with Gasteiger partial charge in [-0.3, -0.25) is 4.79 Å². The summed E-state index contributed by atoms with van der Waals surface area (Å²) in [6, 6.07) is 16.5. The number of benzene rings is 2. The zero-order valence-corrected chi connectivity index (χ0v) is 15.3. The molecule has 1 aromatic heterocycles. The van der Waals surface area contributed by atoms with E-state index >= 15 is 0 Å². The predicted molar refractivity (Wildman–Crippen MR) is 104 cm³/mol. The summed E-state index contributed by atoms with van der Waals surface area (Å²) in [4.78, 5) is 23.7. The van der Waals surface area contributed by atoms with Crippen molar-refractivity contribution < 1.29 is 19.1 Å². The van der Waals surface area contributed by atoms with Gasteiger partial charge in [-0.15, -0.1) is 0 Å². The molecule has 0 saturated heterocycles. The Hall–Kier alpha value is -3.02. The molecular formula is C20H13Cl2NO4. The number of hydrogen-bond acceptors (Lipinski definition) is 3. The molecule has 0 spiro atoms. The molecule has 27 heavy (non-hydrogen) atoms. The summed E-state index contributed by atoms with van der Waals surface area (Å²) in [5.41, 5.74) is 0.603. The number of carbonyl (C=O) groups excluding carboxylic acids is 1. The third-order valence-electron chi connectivity index (χ3n) is 3.62. The lowest BCUT2D eigenvalue weighted by molar-refractivity contribution is -0.132. The van der Waals surface area contributed by atoms with Crippen LogP contribution in [0.3, 0.4) is 0 Å². The summed E-state index contributed by atoms with van der Waals surface area (Å²) in [5.74, 6) is -1.16. The van der Waals surface area contributed by atoms with Crippen molar-refractivity contribution in [2.75, 3.05) is 0 Å². The van der Waals surface area contributed by atoms with Crippen molar-refractivity contribution in [2.24, 2.45) is 0 Å². The Kier molecular flexibility index (Phi) is 5.64. The molecule has 5 nitrogen and oxygen atoms in total. The van der Waals surface area contributed by atoms with E-state index in [1.165, 1.54) is 6.08 Å². The first-order valence-corrected chi connectivity index (χ1v) is 8.56. The van der Waals surface area contributed by atoms with Crippen molar-refractivity contribution in [1.82, 2.24) is 5.32 Å². The van der Waals surface area contributed by atoms with Gasteiger partial charge in [0.15, 0.2) is 0 Å². The van der Waals surface area contributed by atoms with Crippen molar-refractivity contribution in [3.63, 3.8) is 0 Å². The Morgan fingerprint density at radius 3 is 2.44 bits per heavy atom. The average molecular weight is 402 g/mol. The van der Waals surface area contributed by atoms with Gasteiger partial charge in [-0.25, -0.2) is 4.79 Å². The van der Waals surface area contributed by atoms with E-state index in [9.17, 15) is 14.7 Å². The fraction of sp³-hybridized carbons (Fsp3) is 0. The maximum atomic E-state index is 12.2. The van der Waals surface area contributed by atoms with Gasteiger partial charge < -0.3 is 14.8 Å². The van der Waals surface area contributed by atoms with E-state index in [1.807, 2.05) is 0 Å². The second-order valence-corrected chi connectivity index (χ2v) is 6.35. The van der Waals surface area contributed by atoms with Crippen LogP contribution in [0, 0.1) is 0 Å². The average Bonchev–Trinajstić information content (AvgIpc) is 3.12. The zero-order chi connectivity index (χ0) is 19.4. The molecule has 0 unspecified atom stereocenters. The number of halogens is 2. The normalized spacial score (nSPS) is 11.3. The van der Waals surface area contributed by atoms with Crippen molar-refractivity contribution >= 4 is 41.2 Å². The first-order valence-electron chi connectivity index (χ1n) is 7.80. The molecule has 1 amide bonds. The number of amides is 1. The molecule has 7 heteroatoms. The Morgan fingerprint density at radius 2 is 1.74 bits per heavy atom. The van der Waals surface area contributed by atoms with Crippen molar-refractivity contribution in [1.29, 1.82) is 0 Å². The van der Waals surface area contributed by atoms with Gasteiger partial charge in [0.2, 0.25) is 0 Å². The van der Waals surface area contributed by atoms with Crippen LogP contribution in [0.15, 0.2) is 70.8 Å². The maximum Gasteiger partial charge on any atom is 0.352 e. The molecule has 2 N–H and O–H groups in total. The number of aliphatic carboxylic acids is 1. The highest BCUT2D eigenvalue weighted by Crippen LogP contribution is 2.32. The van der Waals surface area contributed by atoms with Crippen LogP contribution in [-0.4, -0.2) is 17.0 Å². The van der Waals surface area contributed by atoms with Crippen LogP contribution in [0.5, 0.6) is 0 Å². The summed E-state index contributed by atoms with van der Waals surface area (Å²) >= 11 is 12.1. The van der Waals surface area contributed by atoms with Gasteiger partial charge in [0.05, 0.1) is 5.02 Å². The van der Waals surface area contributed by atoms with Gasteiger partial charge in [0.1, 0.15) is 17.2 Å². The Bertz CT molecular complexity index is 1030. The van der Waals surface area contributed by atoms with Gasteiger partial charge >= 0.3 is 5.97 Å². The van der Waals surface area contributed by atoms with Gasteiger partial charge in [-0.1, -0.05) is 41.4 Å². The highest BCUT2D eigenvalue weighted by atomic mass is 35.5. The first-order chi connectivity index (χ1) is 12.9. The molecule has 1 heterocycles. The van der Waals surface area contributed by atoms with Gasteiger partial charge in [-0.2, -0.15) is 0 Å². The Morgan fingerprint density at radius 1 is 1.00 bits per heavy atom. The molecule has 0 fully saturated rings. The summed E-state index contributed by atoms with van der Waals surface area (Å²) in [5, 5.41) is 12.7. The summed E-state index contributed by atoms with van der Waals surface area (Å²) < 4.78 is 5.64. The number of carboxylic acid groups (broad SMARTS) is 1. The second kappa shape index (κ2) is 8.12. The highest BCUT2D eigenvalue weighted by molar-refractivity contribution is 6.35. The van der Waals surface area contributed by atoms with Crippen molar-refractivity contribution in [2.45, 2.75) is 0 Å². The zero-order valence-electron chi connectivity index (χ0n) is 13.8. The van der Waals surface area contributed by atoms with E-state index in [0.717, 1.165) is 0 Å². The van der Waals surface area contributed by atoms with Crippen LogP contribution in [0.2, 0.25) is 10.0 Å². The molecular weight excluding hydrogens is 389 g/mol. The molecule has 0 aliphatic rings. The Balaban J connectivity index is 1.87. The highest BCUT2D eigenvalue weighted by Gasteiger charge is 2.15. The van der Waals surface area contributed by atoms with Crippen LogP contribution in [0.4, 0.5) is 0 Å². The van der Waals surface area contributed by atoms with Crippen LogP contribution in [0.25, 0.3) is 17.4 Å². The Labute approximate surface area is 164 Å².